The van der Waals surface area contributed by atoms with Crippen LogP contribution in [0.3, 0.4) is 0 Å². The van der Waals surface area contributed by atoms with Gasteiger partial charge in [0.05, 0.1) is 12.1 Å². The van der Waals surface area contributed by atoms with E-state index in [1.807, 2.05) is 0 Å². The Kier molecular flexibility index (Phi) is 3.24. The topological polar surface area (TPSA) is 61.4 Å². The molecule has 4 atom stereocenters. The highest BCUT2D eigenvalue weighted by molar-refractivity contribution is 5.70. The maximum absolute atomic E-state index is 12.9. The average Bonchev–Trinajstić information content (AvgIpc) is 2.82. The second kappa shape index (κ2) is 4.90. The number of benzene rings is 1. The van der Waals surface area contributed by atoms with E-state index < -0.39 is 5.97 Å². The Morgan fingerprint density at radius 3 is 2.53 bits per heavy atom. The van der Waals surface area contributed by atoms with Crippen LogP contribution < -0.4 is 10.6 Å². The zero-order valence-corrected chi connectivity index (χ0v) is 10.5. The van der Waals surface area contributed by atoms with Gasteiger partial charge in [-0.05, 0) is 37.0 Å². The number of carboxylic acid groups (broad SMARTS) is 1. The van der Waals surface area contributed by atoms with Gasteiger partial charge in [0, 0.05) is 12.1 Å². The first-order valence-corrected chi connectivity index (χ1v) is 6.64. The van der Waals surface area contributed by atoms with Gasteiger partial charge in [0.1, 0.15) is 5.82 Å². The fraction of sp³-hybridized carbons (Fsp3) is 0.500. The number of fused-ring (bicyclic) bond motifs is 1. The summed E-state index contributed by atoms with van der Waals surface area (Å²) in [5, 5.41) is 16.0. The smallest absolute Gasteiger partial charge is 0.306 e. The molecule has 0 bridgehead atoms. The van der Waals surface area contributed by atoms with Crippen LogP contribution in [-0.2, 0) is 4.79 Å². The number of halogens is 1. The summed E-state index contributed by atoms with van der Waals surface area (Å²) >= 11 is 0. The van der Waals surface area contributed by atoms with E-state index in [-0.39, 0.29) is 23.9 Å². The van der Waals surface area contributed by atoms with Gasteiger partial charge in [-0.3, -0.25) is 15.4 Å². The number of hydrogen-bond donors (Lipinski definition) is 3. The minimum Gasteiger partial charge on any atom is -0.481 e. The van der Waals surface area contributed by atoms with E-state index in [2.05, 4.69) is 10.6 Å². The Balaban J connectivity index is 1.69. The highest BCUT2D eigenvalue weighted by Crippen LogP contribution is 2.31. The summed E-state index contributed by atoms with van der Waals surface area (Å²) in [6.07, 6.45) is 2.24. The lowest BCUT2D eigenvalue weighted by atomic mass is 9.83. The van der Waals surface area contributed by atoms with Gasteiger partial charge in [0.2, 0.25) is 0 Å². The molecule has 1 aromatic rings. The summed E-state index contributed by atoms with van der Waals surface area (Å²) in [6, 6.07) is 6.90. The van der Waals surface area contributed by atoms with Crippen molar-refractivity contribution in [1.29, 1.82) is 0 Å². The average molecular weight is 264 g/mol. The normalized spacial score (nSPS) is 33.9. The molecular formula is C14H17FN2O2. The summed E-state index contributed by atoms with van der Waals surface area (Å²) in [7, 11) is 0. The van der Waals surface area contributed by atoms with Crippen LogP contribution in [0.15, 0.2) is 24.3 Å². The van der Waals surface area contributed by atoms with E-state index >= 15 is 0 Å². The number of hydrogen-bond acceptors (Lipinski definition) is 3. The largest absolute Gasteiger partial charge is 0.481 e. The van der Waals surface area contributed by atoms with Crippen LogP contribution in [0.2, 0.25) is 0 Å². The van der Waals surface area contributed by atoms with E-state index in [9.17, 15) is 9.18 Å². The van der Waals surface area contributed by atoms with E-state index in [4.69, 9.17) is 5.11 Å². The van der Waals surface area contributed by atoms with E-state index in [0.717, 1.165) is 18.4 Å². The number of aliphatic carboxylic acids is 1. The van der Waals surface area contributed by atoms with Gasteiger partial charge in [0.25, 0.3) is 0 Å². The van der Waals surface area contributed by atoms with Crippen LogP contribution in [0.5, 0.6) is 0 Å². The Labute approximate surface area is 111 Å². The molecule has 19 heavy (non-hydrogen) atoms. The minimum absolute atomic E-state index is 0.0110. The first kappa shape index (κ1) is 12.6. The molecule has 4 unspecified atom stereocenters. The van der Waals surface area contributed by atoms with E-state index in [1.54, 1.807) is 12.1 Å². The van der Waals surface area contributed by atoms with Gasteiger partial charge in [-0.2, -0.15) is 0 Å². The number of rotatable bonds is 2. The maximum atomic E-state index is 12.9. The molecule has 0 aromatic heterocycles. The third-order valence-corrected chi connectivity index (χ3v) is 4.16. The molecule has 0 amide bonds. The number of carboxylic acids is 1. The fourth-order valence-electron chi connectivity index (χ4n) is 3.10. The second-order valence-corrected chi connectivity index (χ2v) is 5.38. The molecule has 0 spiro atoms. The number of nitrogens with one attached hydrogen (secondary N) is 2. The van der Waals surface area contributed by atoms with Crippen LogP contribution in [-0.4, -0.2) is 23.2 Å². The van der Waals surface area contributed by atoms with Gasteiger partial charge in [-0.1, -0.05) is 12.1 Å². The molecule has 3 rings (SSSR count). The summed E-state index contributed by atoms with van der Waals surface area (Å²) in [4.78, 5) is 11.0. The van der Waals surface area contributed by atoms with Gasteiger partial charge in [0.15, 0.2) is 0 Å². The fourth-order valence-corrected chi connectivity index (χ4v) is 3.10. The molecule has 2 fully saturated rings. The monoisotopic (exact) mass is 264 g/mol. The molecule has 4 nitrogen and oxygen atoms in total. The number of carbonyl (C=O) groups is 1. The molecule has 1 saturated heterocycles. The molecule has 5 heteroatoms. The zero-order chi connectivity index (χ0) is 13.4. The third kappa shape index (κ3) is 2.48. The Hall–Kier alpha value is -1.46. The van der Waals surface area contributed by atoms with Crippen LogP contribution >= 0.6 is 0 Å². The molecule has 102 valence electrons. The van der Waals surface area contributed by atoms with Crippen LogP contribution in [0, 0.1) is 11.7 Å². The molecule has 1 heterocycles. The van der Waals surface area contributed by atoms with Crippen molar-refractivity contribution in [2.75, 3.05) is 0 Å². The molecule has 1 aromatic carbocycles. The zero-order valence-electron chi connectivity index (χ0n) is 10.5. The molecule has 0 radical (unpaired) electrons. The highest BCUT2D eigenvalue weighted by atomic mass is 19.1. The Morgan fingerprint density at radius 2 is 1.84 bits per heavy atom. The Bertz CT molecular complexity index is 477. The summed E-state index contributed by atoms with van der Waals surface area (Å²) in [6.45, 7) is 0. The summed E-state index contributed by atoms with van der Waals surface area (Å²) in [5.74, 6) is -1.20. The lowest BCUT2D eigenvalue weighted by Crippen LogP contribution is -2.41. The predicted molar refractivity (Wildman–Crippen MR) is 68.0 cm³/mol. The second-order valence-electron chi connectivity index (χ2n) is 5.38. The lowest BCUT2D eigenvalue weighted by Gasteiger charge is -2.28. The van der Waals surface area contributed by atoms with Crippen molar-refractivity contribution in [2.45, 2.75) is 37.5 Å². The lowest BCUT2D eigenvalue weighted by molar-refractivity contribution is -0.143. The molecular weight excluding hydrogens is 247 g/mol. The predicted octanol–water partition coefficient (Wildman–Crippen LogP) is 1.64. The maximum Gasteiger partial charge on any atom is 0.306 e. The summed E-state index contributed by atoms with van der Waals surface area (Å²) in [5.41, 5.74) is 0.989. The van der Waals surface area contributed by atoms with E-state index in [1.165, 1.54) is 12.1 Å². The van der Waals surface area contributed by atoms with Gasteiger partial charge in [-0.25, -0.2) is 4.39 Å². The first-order valence-electron chi connectivity index (χ1n) is 6.64. The van der Waals surface area contributed by atoms with Crippen molar-refractivity contribution in [3.8, 4) is 0 Å². The standard InChI is InChI=1S/C14H17FN2O2/c15-10-4-1-8(2-5-10)13-16-11-6-3-9(14(18)19)7-12(11)17-13/h1-2,4-5,9,11-13,16-17H,3,6-7H2,(H,18,19). The Morgan fingerprint density at radius 1 is 1.16 bits per heavy atom. The van der Waals surface area contributed by atoms with Crippen molar-refractivity contribution < 1.29 is 14.3 Å². The first-order chi connectivity index (χ1) is 9.13. The highest BCUT2D eigenvalue weighted by Gasteiger charge is 2.40. The molecule has 1 saturated carbocycles. The summed E-state index contributed by atoms with van der Waals surface area (Å²) < 4.78 is 12.9. The van der Waals surface area contributed by atoms with Crippen molar-refractivity contribution in [3.63, 3.8) is 0 Å². The molecule has 3 N–H and O–H groups in total. The van der Waals surface area contributed by atoms with Crippen LogP contribution in [0.1, 0.15) is 31.0 Å². The van der Waals surface area contributed by atoms with Crippen molar-refractivity contribution >= 4 is 5.97 Å². The van der Waals surface area contributed by atoms with Crippen molar-refractivity contribution in [2.24, 2.45) is 5.92 Å². The minimum atomic E-state index is -0.703. The van der Waals surface area contributed by atoms with Gasteiger partial charge >= 0.3 is 5.97 Å². The van der Waals surface area contributed by atoms with Crippen molar-refractivity contribution in [1.82, 2.24) is 10.6 Å². The SMILES string of the molecule is O=C(O)C1CCC2NC(c3ccc(F)cc3)NC2C1. The van der Waals surface area contributed by atoms with Gasteiger partial charge in [-0.15, -0.1) is 0 Å². The van der Waals surface area contributed by atoms with E-state index in [0.29, 0.717) is 12.5 Å². The van der Waals surface area contributed by atoms with Crippen molar-refractivity contribution in [3.05, 3.63) is 35.6 Å². The van der Waals surface area contributed by atoms with Crippen LogP contribution in [0.4, 0.5) is 4.39 Å². The molecule has 1 aliphatic heterocycles. The third-order valence-electron chi connectivity index (χ3n) is 4.16. The quantitative estimate of drug-likeness (QED) is 0.760. The molecule has 2 aliphatic rings. The molecule has 1 aliphatic carbocycles. The van der Waals surface area contributed by atoms with Crippen LogP contribution in [0.25, 0.3) is 0 Å². The van der Waals surface area contributed by atoms with Gasteiger partial charge < -0.3 is 5.11 Å².